The van der Waals surface area contributed by atoms with E-state index in [4.69, 9.17) is 0 Å². The fraction of sp³-hybridized carbons (Fsp3) is 0.0667. The van der Waals surface area contributed by atoms with E-state index in [2.05, 4.69) is 139 Å². The molecule has 238 valence electrons. The molecule has 0 aliphatic rings. The highest BCUT2D eigenvalue weighted by Crippen LogP contribution is 2.47. The molecule has 0 saturated heterocycles. The number of nitriles is 2. The first-order chi connectivity index (χ1) is 24.3. The van der Waals surface area contributed by atoms with Crippen LogP contribution in [-0.4, -0.2) is 8.07 Å². The number of anilines is 6. The van der Waals surface area contributed by atoms with Gasteiger partial charge >= 0.3 is 0 Å². The summed E-state index contributed by atoms with van der Waals surface area (Å²) in [5, 5.41) is 27.6. The van der Waals surface area contributed by atoms with Crippen LogP contribution in [0.1, 0.15) is 11.1 Å². The zero-order valence-electron chi connectivity index (χ0n) is 28.2. The Balaban J connectivity index is 1.39. The molecular formula is C45H34N4Si. The molecule has 8 aromatic rings. The first-order valence-electron chi connectivity index (χ1n) is 16.8. The smallest absolute Gasteiger partial charge is 0.0991 e. The fourth-order valence-electron chi connectivity index (χ4n) is 7.07. The van der Waals surface area contributed by atoms with Crippen molar-refractivity contribution in [3.8, 4) is 12.1 Å². The lowest BCUT2D eigenvalue weighted by Crippen LogP contribution is -2.37. The third-order valence-corrected chi connectivity index (χ3v) is 11.6. The molecule has 0 amide bonds. The van der Waals surface area contributed by atoms with E-state index in [1.807, 2.05) is 54.6 Å². The van der Waals surface area contributed by atoms with Gasteiger partial charge in [-0.1, -0.05) is 91.6 Å². The molecule has 0 fully saturated rings. The van der Waals surface area contributed by atoms with E-state index in [1.165, 1.54) is 26.7 Å². The molecule has 0 spiro atoms. The van der Waals surface area contributed by atoms with Crippen molar-refractivity contribution in [3.63, 3.8) is 0 Å². The Bertz CT molecular complexity index is 2590. The lowest BCUT2D eigenvalue weighted by Gasteiger charge is -2.30. The monoisotopic (exact) mass is 658 g/mol. The van der Waals surface area contributed by atoms with E-state index >= 15 is 0 Å². The van der Waals surface area contributed by atoms with Crippen LogP contribution in [0.3, 0.4) is 0 Å². The van der Waals surface area contributed by atoms with Crippen LogP contribution in [0.4, 0.5) is 34.1 Å². The number of hydrogen-bond acceptors (Lipinski definition) is 4. The molecule has 5 heteroatoms. The Morgan fingerprint density at radius 3 is 1.36 bits per heavy atom. The second kappa shape index (κ2) is 12.2. The molecular weight excluding hydrogens is 625 g/mol. The molecule has 0 aliphatic carbocycles. The predicted octanol–water partition coefficient (Wildman–Crippen LogP) is 11.8. The SMILES string of the molecule is C[Si](C)(C)c1cccc(N(c2ccc(C#N)cc2)c2ccc3ccc4c(N(c5ccccc5)c5ccc(C#N)cc5)ccc5ccc2c3c54)c1. The summed E-state index contributed by atoms with van der Waals surface area (Å²) >= 11 is 0. The van der Waals surface area contributed by atoms with Crippen molar-refractivity contribution in [1.29, 1.82) is 10.5 Å². The van der Waals surface area contributed by atoms with Crippen molar-refractivity contribution in [1.82, 2.24) is 0 Å². The van der Waals surface area contributed by atoms with Crippen LogP contribution < -0.4 is 15.0 Å². The molecule has 0 radical (unpaired) electrons. The van der Waals surface area contributed by atoms with Gasteiger partial charge in [-0.2, -0.15) is 10.5 Å². The summed E-state index contributed by atoms with van der Waals surface area (Å²) in [6.45, 7) is 7.13. The minimum absolute atomic E-state index is 0.631. The summed E-state index contributed by atoms with van der Waals surface area (Å²) in [6, 6.07) is 57.4. The standard InChI is InChI=1S/C45H34N4Si/c1-50(2,3)39-11-7-10-38(28-39)49(37-22-14-32(30-47)15-23-37)43-27-19-34-16-24-40-42(26-18-33-17-25-41(43)45(34)44(33)40)48(35-8-5-4-6-9-35)36-20-12-31(29-46)13-21-36/h4-28H,1-3H3. The number of hydrogen-bond donors (Lipinski definition) is 0. The molecule has 0 aromatic heterocycles. The van der Waals surface area contributed by atoms with Crippen LogP contribution in [0.5, 0.6) is 0 Å². The van der Waals surface area contributed by atoms with Crippen LogP contribution in [-0.2, 0) is 0 Å². The van der Waals surface area contributed by atoms with E-state index in [1.54, 1.807) is 0 Å². The van der Waals surface area contributed by atoms with Crippen LogP contribution in [0.15, 0.2) is 152 Å². The van der Waals surface area contributed by atoms with Gasteiger partial charge in [0.05, 0.1) is 42.7 Å². The van der Waals surface area contributed by atoms with E-state index in [0.29, 0.717) is 11.1 Å². The average molecular weight is 659 g/mol. The summed E-state index contributed by atoms with van der Waals surface area (Å²) in [4.78, 5) is 4.61. The predicted molar refractivity (Wildman–Crippen MR) is 212 cm³/mol. The molecule has 8 rings (SSSR count). The summed E-state index contributed by atoms with van der Waals surface area (Å²) in [7, 11) is -1.60. The van der Waals surface area contributed by atoms with Gasteiger partial charge < -0.3 is 9.80 Å². The maximum Gasteiger partial charge on any atom is 0.0991 e. The quantitative estimate of drug-likeness (QED) is 0.126. The minimum Gasteiger partial charge on any atom is -0.310 e. The molecule has 0 saturated carbocycles. The summed E-state index contributed by atoms with van der Waals surface area (Å²) < 4.78 is 0. The van der Waals surface area contributed by atoms with Crippen molar-refractivity contribution in [3.05, 3.63) is 163 Å². The Kier molecular flexibility index (Phi) is 7.56. The molecule has 0 N–H and O–H groups in total. The second-order valence-corrected chi connectivity index (χ2v) is 18.8. The molecule has 8 aromatic carbocycles. The van der Waals surface area contributed by atoms with Crippen LogP contribution in [0, 0.1) is 22.7 Å². The maximum atomic E-state index is 9.58. The van der Waals surface area contributed by atoms with Crippen molar-refractivity contribution in [2.24, 2.45) is 0 Å². The summed E-state index contributed by atoms with van der Waals surface area (Å²) in [5.74, 6) is 0. The normalized spacial score (nSPS) is 11.5. The van der Waals surface area contributed by atoms with Gasteiger partial charge in [-0.3, -0.25) is 0 Å². The highest BCUT2D eigenvalue weighted by Gasteiger charge is 2.23. The van der Waals surface area contributed by atoms with E-state index in [0.717, 1.165) is 44.9 Å². The highest BCUT2D eigenvalue weighted by molar-refractivity contribution is 6.88. The first kappa shape index (κ1) is 30.9. The van der Waals surface area contributed by atoms with Gasteiger partial charge in [0.25, 0.3) is 0 Å². The topological polar surface area (TPSA) is 54.1 Å². The largest absolute Gasteiger partial charge is 0.310 e. The highest BCUT2D eigenvalue weighted by atomic mass is 28.3. The van der Waals surface area contributed by atoms with E-state index in [9.17, 15) is 10.5 Å². The lowest BCUT2D eigenvalue weighted by atomic mass is 9.91. The van der Waals surface area contributed by atoms with Crippen molar-refractivity contribution in [2.75, 3.05) is 9.80 Å². The minimum atomic E-state index is -1.60. The van der Waals surface area contributed by atoms with E-state index in [-0.39, 0.29) is 0 Å². The van der Waals surface area contributed by atoms with Gasteiger partial charge in [-0.15, -0.1) is 0 Å². The van der Waals surface area contributed by atoms with Crippen molar-refractivity contribution in [2.45, 2.75) is 19.6 Å². The van der Waals surface area contributed by atoms with E-state index < -0.39 is 8.07 Å². The van der Waals surface area contributed by atoms with Gasteiger partial charge in [-0.25, -0.2) is 0 Å². The van der Waals surface area contributed by atoms with Crippen molar-refractivity contribution < 1.29 is 0 Å². The number of nitrogens with zero attached hydrogens (tertiary/aromatic N) is 4. The summed E-state index contributed by atoms with van der Waals surface area (Å²) in [6.07, 6.45) is 0. The van der Waals surface area contributed by atoms with Crippen LogP contribution in [0.25, 0.3) is 32.3 Å². The molecule has 4 nitrogen and oxygen atoms in total. The summed E-state index contributed by atoms with van der Waals surface area (Å²) in [5.41, 5.74) is 7.55. The molecule has 0 aliphatic heterocycles. The van der Waals surface area contributed by atoms with Crippen LogP contribution in [0.2, 0.25) is 19.6 Å². The zero-order chi connectivity index (χ0) is 34.4. The third kappa shape index (κ3) is 5.31. The van der Waals surface area contributed by atoms with Gasteiger partial charge in [0, 0.05) is 33.5 Å². The molecule has 0 unspecified atom stereocenters. The first-order valence-corrected chi connectivity index (χ1v) is 20.3. The Morgan fingerprint density at radius 1 is 0.440 bits per heavy atom. The van der Waals surface area contributed by atoms with Crippen molar-refractivity contribution >= 4 is 79.7 Å². The molecule has 0 atom stereocenters. The third-order valence-electron chi connectivity index (χ3n) is 9.59. The molecule has 0 bridgehead atoms. The van der Waals surface area contributed by atoms with Gasteiger partial charge in [-0.05, 0) is 106 Å². The van der Waals surface area contributed by atoms with Gasteiger partial charge in [0.2, 0.25) is 0 Å². The Labute approximate surface area is 293 Å². The fourth-order valence-corrected chi connectivity index (χ4v) is 8.25. The lowest BCUT2D eigenvalue weighted by molar-refractivity contribution is 1.29. The van der Waals surface area contributed by atoms with Gasteiger partial charge in [0.15, 0.2) is 0 Å². The number of para-hydroxylation sites is 1. The molecule has 50 heavy (non-hydrogen) atoms. The zero-order valence-corrected chi connectivity index (χ0v) is 29.2. The molecule has 0 heterocycles. The maximum absolute atomic E-state index is 9.58. The second-order valence-electron chi connectivity index (χ2n) is 13.7. The Hall–Kier alpha value is -6.40. The van der Waals surface area contributed by atoms with Gasteiger partial charge in [0.1, 0.15) is 0 Å². The number of benzene rings is 8. The van der Waals surface area contributed by atoms with Crippen LogP contribution >= 0.6 is 0 Å². The number of rotatable bonds is 7. The Morgan fingerprint density at radius 2 is 0.880 bits per heavy atom. The average Bonchev–Trinajstić information content (AvgIpc) is 3.16.